The smallest absolute Gasteiger partial charge is 0.223 e. The molecule has 4 nitrogen and oxygen atoms in total. The molecule has 0 aromatic carbocycles. The van der Waals surface area contributed by atoms with Gasteiger partial charge in [-0.1, -0.05) is 20.3 Å². The summed E-state index contributed by atoms with van der Waals surface area (Å²) in [7, 11) is 2.11. The summed E-state index contributed by atoms with van der Waals surface area (Å²) in [5.74, 6) is 0.328. The molecule has 0 aliphatic carbocycles. The van der Waals surface area contributed by atoms with Crippen molar-refractivity contribution in [3.05, 3.63) is 0 Å². The van der Waals surface area contributed by atoms with Crippen molar-refractivity contribution in [1.29, 1.82) is 0 Å². The Morgan fingerprint density at radius 3 is 2.33 bits per heavy atom. The molecule has 0 unspecified atom stereocenters. The fourth-order valence-corrected chi connectivity index (χ4v) is 2.30. The highest BCUT2D eigenvalue weighted by Crippen LogP contribution is 2.04. The zero-order valence-corrected chi connectivity index (χ0v) is 12.3. The zero-order valence-electron chi connectivity index (χ0n) is 12.3. The Balaban J connectivity index is 2.17. The van der Waals surface area contributed by atoms with Gasteiger partial charge < -0.3 is 14.7 Å². The minimum Gasteiger partial charge on any atom is -0.340 e. The van der Waals surface area contributed by atoms with Crippen LogP contribution in [0.2, 0.25) is 0 Å². The van der Waals surface area contributed by atoms with Crippen LogP contribution in [0.25, 0.3) is 0 Å². The Bertz CT molecular complexity index is 237. The van der Waals surface area contributed by atoms with Crippen LogP contribution in [0.1, 0.15) is 33.1 Å². The minimum absolute atomic E-state index is 0.328. The highest BCUT2D eigenvalue weighted by atomic mass is 16.2. The van der Waals surface area contributed by atoms with Gasteiger partial charge in [0.25, 0.3) is 0 Å². The number of piperazine rings is 1. The van der Waals surface area contributed by atoms with Crippen molar-refractivity contribution >= 4 is 5.91 Å². The van der Waals surface area contributed by atoms with Crippen LogP contribution in [-0.2, 0) is 4.79 Å². The monoisotopic (exact) mass is 255 g/mol. The maximum absolute atomic E-state index is 12.1. The molecule has 0 aromatic rings. The third-order valence-electron chi connectivity index (χ3n) is 3.77. The summed E-state index contributed by atoms with van der Waals surface area (Å²) in [4.78, 5) is 18.7. The Morgan fingerprint density at radius 1 is 1.11 bits per heavy atom. The fraction of sp³-hybridized carbons (Fsp3) is 0.929. The number of amides is 1. The predicted molar refractivity (Wildman–Crippen MR) is 75.7 cm³/mol. The summed E-state index contributed by atoms with van der Waals surface area (Å²) in [5, 5.41) is 0. The SMILES string of the molecule is CCCCN(C)CCC(=O)N1CCN(CC)CC1. The first kappa shape index (κ1) is 15.4. The molecule has 106 valence electrons. The number of unbranched alkanes of at least 4 members (excludes halogenated alkanes) is 1. The van der Waals surface area contributed by atoms with Crippen molar-refractivity contribution in [3.63, 3.8) is 0 Å². The maximum atomic E-state index is 12.1. The first-order chi connectivity index (χ1) is 8.67. The molecule has 1 saturated heterocycles. The summed E-state index contributed by atoms with van der Waals surface area (Å²) in [5.41, 5.74) is 0. The number of likely N-dealkylation sites (N-methyl/N-ethyl adjacent to an activating group) is 1. The van der Waals surface area contributed by atoms with Crippen LogP contribution in [0.5, 0.6) is 0 Å². The first-order valence-corrected chi connectivity index (χ1v) is 7.36. The summed E-state index contributed by atoms with van der Waals surface area (Å²) in [6.45, 7) is 11.4. The number of rotatable bonds is 7. The number of carbonyl (C=O) groups excluding carboxylic acids is 1. The highest BCUT2D eigenvalue weighted by Gasteiger charge is 2.19. The lowest BCUT2D eigenvalue weighted by molar-refractivity contribution is -0.133. The second-order valence-electron chi connectivity index (χ2n) is 5.22. The van der Waals surface area contributed by atoms with Crippen LogP contribution in [0.15, 0.2) is 0 Å². The quantitative estimate of drug-likeness (QED) is 0.685. The second kappa shape index (κ2) is 8.48. The van der Waals surface area contributed by atoms with Crippen molar-refractivity contribution in [2.24, 2.45) is 0 Å². The maximum Gasteiger partial charge on any atom is 0.223 e. The van der Waals surface area contributed by atoms with E-state index < -0.39 is 0 Å². The van der Waals surface area contributed by atoms with E-state index in [1.165, 1.54) is 12.8 Å². The number of nitrogens with zero attached hydrogens (tertiary/aromatic N) is 3. The largest absolute Gasteiger partial charge is 0.340 e. The van der Waals surface area contributed by atoms with Gasteiger partial charge in [-0.15, -0.1) is 0 Å². The van der Waals surface area contributed by atoms with Crippen molar-refractivity contribution in [2.45, 2.75) is 33.1 Å². The molecular weight excluding hydrogens is 226 g/mol. The van der Waals surface area contributed by atoms with Crippen LogP contribution in [-0.4, -0.2) is 73.5 Å². The molecule has 0 radical (unpaired) electrons. The third-order valence-corrected chi connectivity index (χ3v) is 3.77. The molecule has 1 heterocycles. The Kier molecular flexibility index (Phi) is 7.28. The highest BCUT2D eigenvalue weighted by molar-refractivity contribution is 5.76. The Labute approximate surface area is 112 Å². The van der Waals surface area contributed by atoms with Crippen molar-refractivity contribution < 1.29 is 4.79 Å². The molecule has 1 amide bonds. The van der Waals surface area contributed by atoms with Gasteiger partial charge in [0.2, 0.25) is 5.91 Å². The van der Waals surface area contributed by atoms with E-state index >= 15 is 0 Å². The van der Waals surface area contributed by atoms with Crippen LogP contribution in [0.3, 0.4) is 0 Å². The molecule has 0 aromatic heterocycles. The van der Waals surface area contributed by atoms with E-state index in [4.69, 9.17) is 0 Å². The zero-order chi connectivity index (χ0) is 13.4. The van der Waals surface area contributed by atoms with Gasteiger partial charge in [-0.2, -0.15) is 0 Å². The van der Waals surface area contributed by atoms with Gasteiger partial charge >= 0.3 is 0 Å². The van der Waals surface area contributed by atoms with Gasteiger partial charge in [0.1, 0.15) is 0 Å². The van der Waals surface area contributed by atoms with E-state index in [0.29, 0.717) is 12.3 Å². The number of carbonyl (C=O) groups is 1. The molecule has 4 heteroatoms. The van der Waals surface area contributed by atoms with E-state index in [1.54, 1.807) is 0 Å². The van der Waals surface area contributed by atoms with Gasteiger partial charge in [0.05, 0.1) is 0 Å². The van der Waals surface area contributed by atoms with Crippen LogP contribution < -0.4 is 0 Å². The molecule has 0 atom stereocenters. The molecular formula is C14H29N3O. The molecule has 0 bridgehead atoms. The topological polar surface area (TPSA) is 26.8 Å². The second-order valence-corrected chi connectivity index (χ2v) is 5.22. The summed E-state index contributed by atoms with van der Waals surface area (Å²) < 4.78 is 0. The summed E-state index contributed by atoms with van der Waals surface area (Å²) in [6.07, 6.45) is 3.11. The van der Waals surface area contributed by atoms with Crippen molar-refractivity contribution in [1.82, 2.24) is 14.7 Å². The fourth-order valence-electron chi connectivity index (χ4n) is 2.30. The Morgan fingerprint density at radius 2 is 1.78 bits per heavy atom. The third kappa shape index (κ3) is 5.36. The molecule has 0 saturated carbocycles. The van der Waals surface area contributed by atoms with E-state index in [1.807, 2.05) is 4.90 Å². The van der Waals surface area contributed by atoms with E-state index in [9.17, 15) is 4.79 Å². The van der Waals surface area contributed by atoms with Crippen molar-refractivity contribution in [3.8, 4) is 0 Å². The molecule has 1 fully saturated rings. The van der Waals surface area contributed by atoms with E-state index in [0.717, 1.165) is 45.8 Å². The van der Waals surface area contributed by atoms with E-state index in [-0.39, 0.29) is 0 Å². The van der Waals surface area contributed by atoms with Crippen LogP contribution in [0, 0.1) is 0 Å². The van der Waals surface area contributed by atoms with Gasteiger partial charge in [0.15, 0.2) is 0 Å². The molecule has 0 N–H and O–H groups in total. The van der Waals surface area contributed by atoms with Gasteiger partial charge in [-0.25, -0.2) is 0 Å². The van der Waals surface area contributed by atoms with Crippen LogP contribution in [0.4, 0.5) is 0 Å². The lowest BCUT2D eigenvalue weighted by atomic mass is 10.2. The van der Waals surface area contributed by atoms with Gasteiger partial charge in [-0.3, -0.25) is 4.79 Å². The lowest BCUT2D eigenvalue weighted by Gasteiger charge is -2.34. The molecule has 1 aliphatic heterocycles. The average Bonchev–Trinajstić information content (AvgIpc) is 2.42. The number of hydrogen-bond donors (Lipinski definition) is 0. The summed E-state index contributed by atoms with van der Waals surface area (Å²) in [6, 6.07) is 0. The normalized spacial score (nSPS) is 17.4. The number of hydrogen-bond acceptors (Lipinski definition) is 3. The molecule has 18 heavy (non-hydrogen) atoms. The minimum atomic E-state index is 0.328. The first-order valence-electron chi connectivity index (χ1n) is 7.36. The van der Waals surface area contributed by atoms with Crippen LogP contribution >= 0.6 is 0 Å². The van der Waals surface area contributed by atoms with Crippen molar-refractivity contribution in [2.75, 3.05) is 52.9 Å². The molecule has 0 spiro atoms. The van der Waals surface area contributed by atoms with E-state index in [2.05, 4.69) is 30.7 Å². The molecule has 1 rings (SSSR count). The lowest BCUT2D eigenvalue weighted by Crippen LogP contribution is -2.48. The molecule has 1 aliphatic rings. The summed E-state index contributed by atoms with van der Waals surface area (Å²) >= 11 is 0. The van der Waals surface area contributed by atoms with Gasteiger partial charge in [0, 0.05) is 39.1 Å². The Hall–Kier alpha value is -0.610. The standard InChI is InChI=1S/C14H29N3O/c1-4-6-8-15(3)9-7-14(18)17-12-10-16(5-2)11-13-17/h4-13H2,1-3H3. The predicted octanol–water partition coefficient (Wildman–Crippen LogP) is 1.27. The average molecular weight is 255 g/mol. The van der Waals surface area contributed by atoms with Gasteiger partial charge in [-0.05, 0) is 26.6 Å².